The summed E-state index contributed by atoms with van der Waals surface area (Å²) < 4.78 is 5.30. The number of benzene rings is 2. The molecule has 0 aliphatic carbocycles. The van der Waals surface area contributed by atoms with E-state index >= 15 is 0 Å². The summed E-state index contributed by atoms with van der Waals surface area (Å²) in [5.74, 6) is 0.752. The Kier molecular flexibility index (Phi) is 4.79. The molecule has 21 heavy (non-hydrogen) atoms. The highest BCUT2D eigenvalue weighted by molar-refractivity contribution is 5.48. The van der Waals surface area contributed by atoms with Crippen LogP contribution in [0.3, 0.4) is 0 Å². The van der Waals surface area contributed by atoms with Gasteiger partial charge in [0.25, 0.3) is 0 Å². The van der Waals surface area contributed by atoms with Crippen LogP contribution in [-0.4, -0.2) is 7.11 Å². The van der Waals surface area contributed by atoms with Crippen LogP contribution in [0.15, 0.2) is 42.5 Å². The van der Waals surface area contributed by atoms with Crippen molar-refractivity contribution in [1.82, 2.24) is 0 Å². The van der Waals surface area contributed by atoms with Gasteiger partial charge in [-0.2, -0.15) is 10.5 Å². The zero-order valence-electron chi connectivity index (χ0n) is 11.8. The molecule has 2 rings (SSSR count). The molecule has 0 saturated heterocycles. The van der Waals surface area contributed by atoms with Crippen molar-refractivity contribution in [2.45, 2.75) is 13.0 Å². The molecule has 0 aliphatic heterocycles. The fraction of sp³-hybridized carbons (Fsp3) is 0.176. The van der Waals surface area contributed by atoms with Gasteiger partial charge in [0.2, 0.25) is 0 Å². The van der Waals surface area contributed by atoms with Gasteiger partial charge in [-0.1, -0.05) is 12.1 Å². The highest BCUT2D eigenvalue weighted by Gasteiger charge is 2.04. The normalized spacial score (nSPS) is 9.48. The van der Waals surface area contributed by atoms with Crippen LogP contribution in [0.2, 0.25) is 0 Å². The molecule has 0 aromatic heterocycles. The third kappa shape index (κ3) is 3.75. The molecule has 2 aromatic carbocycles. The summed E-state index contributed by atoms with van der Waals surface area (Å²) in [6, 6.07) is 17.3. The summed E-state index contributed by atoms with van der Waals surface area (Å²) in [5.41, 5.74) is 3.49. The van der Waals surface area contributed by atoms with E-state index < -0.39 is 0 Å². The number of anilines is 1. The molecule has 4 heteroatoms. The Balaban J connectivity index is 2.09. The molecule has 0 amide bonds. The van der Waals surface area contributed by atoms with E-state index in [4.69, 9.17) is 15.3 Å². The number of hydrogen-bond acceptors (Lipinski definition) is 4. The third-order valence-corrected chi connectivity index (χ3v) is 3.13. The molecular formula is C17H15N3O. The first-order valence-corrected chi connectivity index (χ1v) is 6.53. The predicted molar refractivity (Wildman–Crippen MR) is 80.8 cm³/mol. The van der Waals surface area contributed by atoms with E-state index in [1.54, 1.807) is 19.2 Å². The first kappa shape index (κ1) is 14.4. The molecule has 1 N–H and O–H groups in total. The van der Waals surface area contributed by atoms with Crippen molar-refractivity contribution in [3.8, 4) is 17.9 Å². The molecule has 0 atom stereocenters. The van der Waals surface area contributed by atoms with Gasteiger partial charge in [-0.05, 0) is 35.9 Å². The molecule has 0 fully saturated rings. The highest BCUT2D eigenvalue weighted by atomic mass is 16.5. The van der Waals surface area contributed by atoms with Gasteiger partial charge in [-0.15, -0.1) is 0 Å². The Hall–Kier alpha value is -2.98. The minimum Gasteiger partial charge on any atom is -0.496 e. The molecule has 0 bridgehead atoms. The van der Waals surface area contributed by atoms with Crippen molar-refractivity contribution >= 4 is 5.69 Å². The van der Waals surface area contributed by atoms with E-state index in [-0.39, 0.29) is 0 Å². The molecule has 0 aliphatic rings. The molecule has 0 saturated carbocycles. The van der Waals surface area contributed by atoms with Gasteiger partial charge < -0.3 is 10.1 Å². The van der Waals surface area contributed by atoms with Crippen LogP contribution in [0.1, 0.15) is 16.7 Å². The summed E-state index contributed by atoms with van der Waals surface area (Å²) in [6.07, 6.45) is 0.415. The summed E-state index contributed by atoms with van der Waals surface area (Å²) in [4.78, 5) is 0. The van der Waals surface area contributed by atoms with E-state index in [1.807, 2.05) is 30.3 Å². The first-order chi connectivity index (χ1) is 10.3. The lowest BCUT2D eigenvalue weighted by atomic mass is 10.1. The largest absolute Gasteiger partial charge is 0.496 e. The third-order valence-electron chi connectivity index (χ3n) is 3.13. The lowest BCUT2D eigenvalue weighted by Gasteiger charge is -2.11. The van der Waals surface area contributed by atoms with E-state index in [9.17, 15) is 0 Å². The highest BCUT2D eigenvalue weighted by Crippen LogP contribution is 2.21. The Morgan fingerprint density at radius 2 is 1.86 bits per heavy atom. The number of nitriles is 2. The maximum Gasteiger partial charge on any atom is 0.123 e. The van der Waals surface area contributed by atoms with E-state index in [2.05, 4.69) is 17.5 Å². The lowest BCUT2D eigenvalue weighted by Crippen LogP contribution is -2.02. The van der Waals surface area contributed by atoms with Gasteiger partial charge in [0.05, 0.1) is 31.2 Å². The maximum absolute atomic E-state index is 8.95. The molecule has 0 spiro atoms. The average Bonchev–Trinajstić information content (AvgIpc) is 2.54. The minimum absolute atomic E-state index is 0.415. The van der Waals surface area contributed by atoms with Crippen LogP contribution in [-0.2, 0) is 13.0 Å². The number of rotatable bonds is 5. The Labute approximate surface area is 124 Å². The van der Waals surface area contributed by atoms with Crippen molar-refractivity contribution in [3.63, 3.8) is 0 Å². The van der Waals surface area contributed by atoms with Crippen LogP contribution in [0.5, 0.6) is 5.75 Å². The van der Waals surface area contributed by atoms with Gasteiger partial charge in [0.1, 0.15) is 5.75 Å². The number of hydrogen-bond donors (Lipinski definition) is 1. The zero-order valence-corrected chi connectivity index (χ0v) is 11.8. The number of nitrogens with one attached hydrogen (secondary N) is 1. The number of methoxy groups -OCH3 is 1. The van der Waals surface area contributed by atoms with Crippen molar-refractivity contribution in [2.75, 3.05) is 12.4 Å². The maximum atomic E-state index is 8.95. The molecule has 0 unspecified atom stereocenters. The van der Waals surface area contributed by atoms with Crippen LogP contribution >= 0.6 is 0 Å². The van der Waals surface area contributed by atoms with E-state index in [1.165, 1.54) is 0 Å². The van der Waals surface area contributed by atoms with Crippen LogP contribution < -0.4 is 10.1 Å². The van der Waals surface area contributed by atoms with Gasteiger partial charge in [0.15, 0.2) is 0 Å². The minimum atomic E-state index is 0.415. The zero-order chi connectivity index (χ0) is 15.1. The first-order valence-electron chi connectivity index (χ1n) is 6.53. The average molecular weight is 277 g/mol. The quantitative estimate of drug-likeness (QED) is 0.910. The summed E-state index contributed by atoms with van der Waals surface area (Å²) in [6.45, 7) is 0.566. The molecule has 4 nitrogen and oxygen atoms in total. The topological polar surface area (TPSA) is 68.8 Å². The second kappa shape index (κ2) is 6.98. The van der Waals surface area contributed by atoms with Crippen molar-refractivity contribution in [3.05, 3.63) is 59.2 Å². The summed E-state index contributed by atoms with van der Waals surface area (Å²) in [5, 5.41) is 20.9. The van der Waals surface area contributed by atoms with Crippen molar-refractivity contribution < 1.29 is 4.74 Å². The molecule has 0 heterocycles. The van der Waals surface area contributed by atoms with Crippen molar-refractivity contribution in [1.29, 1.82) is 10.5 Å². The van der Waals surface area contributed by atoms with E-state index in [0.717, 1.165) is 22.6 Å². The standard InChI is InChI=1S/C17H15N3O/c1-21-17-7-4-14(11-19)10-15(17)12-20-16-5-2-13(3-6-16)8-9-18/h2-7,10,20H,8,12H2,1H3. The van der Waals surface area contributed by atoms with Crippen LogP contribution in [0, 0.1) is 22.7 Å². The second-order valence-corrected chi connectivity index (χ2v) is 4.52. The number of nitrogens with zero attached hydrogens (tertiary/aromatic N) is 2. The second-order valence-electron chi connectivity index (χ2n) is 4.52. The molecule has 2 aromatic rings. The lowest BCUT2D eigenvalue weighted by molar-refractivity contribution is 0.410. The summed E-state index contributed by atoms with van der Waals surface area (Å²) in [7, 11) is 1.61. The van der Waals surface area contributed by atoms with Crippen LogP contribution in [0.4, 0.5) is 5.69 Å². The Morgan fingerprint density at radius 3 is 2.48 bits per heavy atom. The fourth-order valence-electron chi connectivity index (χ4n) is 2.02. The number of ether oxygens (including phenoxy) is 1. The Bertz CT molecular complexity index is 693. The van der Waals surface area contributed by atoms with E-state index in [0.29, 0.717) is 18.5 Å². The van der Waals surface area contributed by atoms with Crippen molar-refractivity contribution in [2.24, 2.45) is 0 Å². The van der Waals surface area contributed by atoms with Crippen LogP contribution in [0.25, 0.3) is 0 Å². The SMILES string of the molecule is COc1ccc(C#N)cc1CNc1ccc(CC#N)cc1. The predicted octanol–water partition coefficient (Wildman–Crippen LogP) is 3.25. The molecular weight excluding hydrogens is 262 g/mol. The van der Waals surface area contributed by atoms with Gasteiger partial charge >= 0.3 is 0 Å². The van der Waals surface area contributed by atoms with Gasteiger partial charge in [-0.3, -0.25) is 0 Å². The molecule has 0 radical (unpaired) electrons. The Morgan fingerprint density at radius 1 is 1.10 bits per heavy atom. The van der Waals surface area contributed by atoms with Gasteiger partial charge in [-0.25, -0.2) is 0 Å². The van der Waals surface area contributed by atoms with Gasteiger partial charge in [0, 0.05) is 17.8 Å². The summed E-state index contributed by atoms with van der Waals surface area (Å²) >= 11 is 0. The monoisotopic (exact) mass is 277 g/mol. The fourth-order valence-corrected chi connectivity index (χ4v) is 2.02. The molecule has 104 valence electrons. The smallest absolute Gasteiger partial charge is 0.123 e.